The predicted octanol–water partition coefficient (Wildman–Crippen LogP) is 0.711. The van der Waals surface area contributed by atoms with Gasteiger partial charge >= 0.3 is 0 Å². The molecule has 1 rings (SSSR count). The minimum Gasteiger partial charge on any atom is -0.298 e. The summed E-state index contributed by atoms with van der Waals surface area (Å²) < 4.78 is 0. The average molecular weight is 198 g/mol. The Kier molecular flexibility index (Phi) is 9.21. The summed E-state index contributed by atoms with van der Waals surface area (Å²) in [6.07, 6.45) is 4.79. The van der Waals surface area contributed by atoms with Crippen molar-refractivity contribution in [3.63, 3.8) is 0 Å². The van der Waals surface area contributed by atoms with Crippen LogP contribution in [0.5, 0.6) is 0 Å². The second-order valence-corrected chi connectivity index (χ2v) is 1.51. The summed E-state index contributed by atoms with van der Waals surface area (Å²) in [6.45, 7) is 0.313. The monoisotopic (exact) mass is 197 g/mol. The van der Waals surface area contributed by atoms with Gasteiger partial charge in [0.2, 0.25) is 0 Å². The highest BCUT2D eigenvalue weighted by Gasteiger charge is 1.88. The van der Waals surface area contributed by atoms with Crippen LogP contribution in [0.1, 0.15) is 5.69 Å². The van der Waals surface area contributed by atoms with Gasteiger partial charge in [-0.15, -0.1) is 24.8 Å². The van der Waals surface area contributed by atoms with Crippen LogP contribution in [0, 0.1) is 0 Å². The third-order valence-corrected chi connectivity index (χ3v) is 0.848. The molecule has 0 saturated heterocycles. The van der Waals surface area contributed by atoms with Crippen LogP contribution in [0.25, 0.3) is 0 Å². The van der Waals surface area contributed by atoms with Gasteiger partial charge in [0.05, 0.1) is 11.9 Å². The molecule has 64 valence electrons. The molecule has 0 bridgehead atoms. The second-order valence-electron chi connectivity index (χ2n) is 1.51. The minimum absolute atomic E-state index is 0. The Bertz CT molecular complexity index is 173. The molecule has 0 aliphatic rings. The maximum atomic E-state index is 4.79. The van der Waals surface area contributed by atoms with Crippen molar-refractivity contribution in [3.8, 4) is 0 Å². The largest absolute Gasteiger partial charge is 0.298 e. The molecule has 0 saturated carbocycles. The van der Waals surface area contributed by atoms with E-state index in [-0.39, 0.29) is 24.8 Å². The quantitative estimate of drug-likeness (QED) is 0.711. The zero-order valence-corrected chi connectivity index (χ0v) is 7.27. The molecule has 0 fully saturated rings. The van der Waals surface area contributed by atoms with Gasteiger partial charge in [-0.05, 0) is 0 Å². The maximum absolute atomic E-state index is 4.79. The smallest absolute Gasteiger partial charge is 0.112 e. The van der Waals surface area contributed by atoms with Crippen molar-refractivity contribution in [2.75, 3.05) is 0 Å². The summed E-state index contributed by atoms with van der Waals surface area (Å²) in [7, 11) is 0. The van der Waals surface area contributed by atoms with Crippen LogP contribution >= 0.6 is 24.8 Å². The number of hydrogen-bond acceptors (Lipinski definition) is 4. The van der Waals surface area contributed by atoms with Gasteiger partial charge in [-0.25, -0.2) is 5.90 Å². The number of nitrogens with zero attached hydrogens (tertiary/aromatic N) is 2. The Morgan fingerprint density at radius 2 is 2.09 bits per heavy atom. The molecule has 0 aliphatic carbocycles. The summed E-state index contributed by atoms with van der Waals surface area (Å²) >= 11 is 0. The summed E-state index contributed by atoms with van der Waals surface area (Å²) in [4.78, 5) is 12.0. The van der Waals surface area contributed by atoms with Crippen molar-refractivity contribution in [2.24, 2.45) is 5.90 Å². The molecule has 1 heterocycles. The lowest BCUT2D eigenvalue weighted by atomic mass is 10.5. The normalized spacial score (nSPS) is 7.73. The Hall–Kier alpha value is -0.420. The molecule has 2 N–H and O–H groups in total. The number of nitrogens with two attached hydrogens (primary N) is 1. The van der Waals surface area contributed by atoms with E-state index in [2.05, 4.69) is 14.8 Å². The molecular formula is C5H9Cl2N3O. The number of hydrogen-bond donors (Lipinski definition) is 1. The highest BCUT2D eigenvalue weighted by Crippen LogP contribution is 1.88. The molecule has 0 unspecified atom stereocenters. The summed E-state index contributed by atoms with van der Waals surface area (Å²) in [5.41, 5.74) is 0.736. The Balaban J connectivity index is 0. The van der Waals surface area contributed by atoms with Crippen LogP contribution in [0.15, 0.2) is 18.6 Å². The van der Waals surface area contributed by atoms with Crippen LogP contribution in [0.4, 0.5) is 0 Å². The van der Waals surface area contributed by atoms with Crippen molar-refractivity contribution in [1.82, 2.24) is 9.97 Å². The fourth-order valence-corrected chi connectivity index (χ4v) is 0.490. The minimum atomic E-state index is 0. The third kappa shape index (κ3) is 4.92. The van der Waals surface area contributed by atoms with E-state index in [0.717, 1.165) is 5.69 Å². The van der Waals surface area contributed by atoms with Gasteiger partial charge in [-0.1, -0.05) is 0 Å². The van der Waals surface area contributed by atoms with Gasteiger partial charge in [0, 0.05) is 12.4 Å². The molecule has 6 heteroatoms. The third-order valence-electron chi connectivity index (χ3n) is 0.848. The van der Waals surface area contributed by atoms with E-state index in [1.165, 1.54) is 0 Å². The fraction of sp³-hybridized carbons (Fsp3) is 0.200. The van der Waals surface area contributed by atoms with E-state index in [0.29, 0.717) is 6.61 Å². The molecule has 0 radical (unpaired) electrons. The predicted molar refractivity (Wildman–Crippen MR) is 45.5 cm³/mol. The van der Waals surface area contributed by atoms with Crippen LogP contribution in [-0.4, -0.2) is 9.97 Å². The molecule has 0 spiro atoms. The number of aromatic nitrogens is 2. The molecule has 0 amide bonds. The van der Waals surface area contributed by atoms with E-state index < -0.39 is 0 Å². The van der Waals surface area contributed by atoms with E-state index >= 15 is 0 Å². The molecule has 4 nitrogen and oxygen atoms in total. The van der Waals surface area contributed by atoms with Crippen LogP contribution in [-0.2, 0) is 11.4 Å². The van der Waals surface area contributed by atoms with E-state index in [1.54, 1.807) is 18.6 Å². The molecule has 1 aromatic rings. The molecule has 1 aromatic heterocycles. The molecule has 11 heavy (non-hydrogen) atoms. The fourth-order valence-electron chi connectivity index (χ4n) is 0.490. The summed E-state index contributed by atoms with van der Waals surface area (Å²) in [5, 5.41) is 0. The number of halogens is 2. The van der Waals surface area contributed by atoms with Gasteiger partial charge in [0.15, 0.2) is 0 Å². The van der Waals surface area contributed by atoms with Gasteiger partial charge in [0.25, 0.3) is 0 Å². The molecular weight excluding hydrogens is 189 g/mol. The van der Waals surface area contributed by atoms with Crippen molar-refractivity contribution < 1.29 is 4.84 Å². The van der Waals surface area contributed by atoms with E-state index in [9.17, 15) is 0 Å². The number of rotatable bonds is 2. The van der Waals surface area contributed by atoms with Crippen molar-refractivity contribution in [1.29, 1.82) is 0 Å². The van der Waals surface area contributed by atoms with E-state index in [4.69, 9.17) is 5.90 Å². The van der Waals surface area contributed by atoms with Crippen LogP contribution in [0.2, 0.25) is 0 Å². The van der Waals surface area contributed by atoms with Crippen molar-refractivity contribution in [3.05, 3.63) is 24.3 Å². The topological polar surface area (TPSA) is 61.0 Å². The second kappa shape index (κ2) is 7.68. The van der Waals surface area contributed by atoms with Crippen LogP contribution in [0.3, 0.4) is 0 Å². The Morgan fingerprint density at radius 3 is 2.55 bits per heavy atom. The van der Waals surface area contributed by atoms with Gasteiger partial charge < -0.3 is 0 Å². The average Bonchev–Trinajstić information content (AvgIpc) is 1.91. The summed E-state index contributed by atoms with van der Waals surface area (Å²) in [5.74, 6) is 4.79. The van der Waals surface area contributed by atoms with Crippen molar-refractivity contribution >= 4 is 24.8 Å². The zero-order chi connectivity index (χ0) is 6.53. The van der Waals surface area contributed by atoms with Crippen molar-refractivity contribution in [2.45, 2.75) is 6.61 Å². The first-order valence-electron chi connectivity index (χ1n) is 2.50. The molecule has 0 atom stereocenters. The lowest BCUT2D eigenvalue weighted by Gasteiger charge is -1.93. The highest BCUT2D eigenvalue weighted by atomic mass is 35.5. The molecule has 0 aromatic carbocycles. The maximum Gasteiger partial charge on any atom is 0.112 e. The summed E-state index contributed by atoms with van der Waals surface area (Å²) in [6, 6.07) is 0. The first-order chi connectivity index (χ1) is 4.43. The van der Waals surface area contributed by atoms with Gasteiger partial charge in [-0.2, -0.15) is 0 Å². The molecule has 0 aliphatic heterocycles. The highest BCUT2D eigenvalue weighted by molar-refractivity contribution is 5.85. The van der Waals surface area contributed by atoms with E-state index in [1.807, 2.05) is 0 Å². The first-order valence-corrected chi connectivity index (χ1v) is 2.50. The lowest BCUT2D eigenvalue weighted by Crippen LogP contribution is -2.00. The SMILES string of the molecule is Cl.Cl.NOCc1cnccn1. The standard InChI is InChI=1S/C5H7N3O.2ClH/c6-9-4-5-3-7-1-2-8-5;;/h1-3H,4,6H2;2*1H. The Morgan fingerprint density at radius 1 is 1.36 bits per heavy atom. The first kappa shape index (κ1) is 13.2. The van der Waals surface area contributed by atoms with Gasteiger partial charge in [-0.3, -0.25) is 14.8 Å². The Labute approximate surface area is 76.9 Å². The van der Waals surface area contributed by atoms with Gasteiger partial charge in [0.1, 0.15) is 6.61 Å². The lowest BCUT2D eigenvalue weighted by molar-refractivity contribution is 0.121. The zero-order valence-electron chi connectivity index (χ0n) is 5.64. The van der Waals surface area contributed by atoms with Crippen LogP contribution < -0.4 is 5.90 Å².